The molecule has 0 aliphatic carbocycles. The van der Waals surface area contributed by atoms with Crippen molar-refractivity contribution in [1.82, 2.24) is 19.9 Å². The van der Waals surface area contributed by atoms with Crippen molar-refractivity contribution >= 4 is 27.6 Å². The summed E-state index contributed by atoms with van der Waals surface area (Å²) in [6.45, 7) is 1.94. The summed E-state index contributed by atoms with van der Waals surface area (Å²) in [5.74, 6) is 0.709. The second kappa shape index (κ2) is 3.28. The molecule has 0 saturated carbocycles. The van der Waals surface area contributed by atoms with Crippen molar-refractivity contribution in [3.63, 3.8) is 0 Å². The minimum absolute atomic E-state index is 0.541. The van der Waals surface area contributed by atoms with Gasteiger partial charge in [0.25, 0.3) is 0 Å². The fourth-order valence-electron chi connectivity index (χ4n) is 1.50. The van der Waals surface area contributed by atoms with Crippen molar-refractivity contribution in [3.8, 4) is 11.5 Å². The van der Waals surface area contributed by atoms with Gasteiger partial charge in [-0.2, -0.15) is 0 Å². The highest BCUT2D eigenvalue weighted by atomic mass is 32.1. The quantitative estimate of drug-likeness (QED) is 0.671. The lowest BCUT2D eigenvalue weighted by molar-refractivity contribution is 1.21. The van der Waals surface area contributed by atoms with Crippen molar-refractivity contribution in [2.75, 3.05) is 5.73 Å². The molecule has 80 valence electrons. The van der Waals surface area contributed by atoms with Crippen molar-refractivity contribution < 1.29 is 0 Å². The van der Waals surface area contributed by atoms with E-state index in [0.29, 0.717) is 16.6 Å². The maximum atomic E-state index is 5.58. The van der Waals surface area contributed by atoms with E-state index in [4.69, 9.17) is 5.73 Å². The summed E-state index contributed by atoms with van der Waals surface area (Å²) in [4.78, 5) is 16.1. The average molecular weight is 231 g/mol. The number of aryl methyl sites for hydroxylation is 1. The minimum Gasteiger partial charge on any atom is -0.375 e. The molecule has 0 aliphatic heterocycles. The summed E-state index contributed by atoms with van der Waals surface area (Å²) in [5, 5.41) is 2.42. The number of H-pyrrole nitrogens is 1. The molecule has 6 heteroatoms. The zero-order chi connectivity index (χ0) is 11.1. The van der Waals surface area contributed by atoms with Crippen LogP contribution in [0, 0.1) is 6.92 Å². The summed E-state index contributed by atoms with van der Waals surface area (Å²) in [5.41, 5.74) is 8.91. The molecule has 0 aliphatic rings. The summed E-state index contributed by atoms with van der Waals surface area (Å²) in [7, 11) is 0. The fourth-order valence-corrected chi connectivity index (χ4v) is 2.05. The van der Waals surface area contributed by atoms with Gasteiger partial charge in [-0.25, -0.2) is 15.0 Å². The number of imidazole rings is 1. The van der Waals surface area contributed by atoms with Gasteiger partial charge in [0.05, 0.1) is 5.52 Å². The first-order valence-corrected chi connectivity index (χ1v) is 5.65. The standard InChI is InChI=1S/C10H9N5S/c1-5-2-3-6-8(12-5)15-9(13-6)7-4-16-10(11)14-7/h2-4H,1H3,(H2,11,14)(H,12,13,15). The third kappa shape index (κ3) is 1.43. The van der Waals surface area contributed by atoms with Gasteiger partial charge >= 0.3 is 0 Å². The minimum atomic E-state index is 0.541. The molecule has 0 saturated heterocycles. The maximum Gasteiger partial charge on any atom is 0.180 e. The summed E-state index contributed by atoms with van der Waals surface area (Å²) in [6, 6.07) is 3.91. The molecule has 0 fully saturated rings. The molecular weight excluding hydrogens is 222 g/mol. The molecule has 5 nitrogen and oxygen atoms in total. The van der Waals surface area contributed by atoms with Crippen LogP contribution in [0.1, 0.15) is 5.69 Å². The van der Waals surface area contributed by atoms with E-state index in [9.17, 15) is 0 Å². The lowest BCUT2D eigenvalue weighted by Gasteiger charge is -1.88. The first kappa shape index (κ1) is 9.29. The molecule has 16 heavy (non-hydrogen) atoms. The van der Waals surface area contributed by atoms with Gasteiger partial charge < -0.3 is 10.7 Å². The Kier molecular flexibility index (Phi) is 1.90. The Hall–Kier alpha value is -1.95. The first-order chi connectivity index (χ1) is 7.72. The van der Waals surface area contributed by atoms with Crippen molar-refractivity contribution in [2.45, 2.75) is 6.92 Å². The van der Waals surface area contributed by atoms with Gasteiger partial charge in [0, 0.05) is 11.1 Å². The largest absolute Gasteiger partial charge is 0.375 e. The van der Waals surface area contributed by atoms with Gasteiger partial charge in [-0.1, -0.05) is 0 Å². The monoisotopic (exact) mass is 231 g/mol. The van der Waals surface area contributed by atoms with Crippen LogP contribution < -0.4 is 5.73 Å². The molecule has 0 amide bonds. The number of anilines is 1. The number of nitrogen functional groups attached to an aromatic ring is 1. The third-order valence-corrected chi connectivity index (χ3v) is 2.92. The SMILES string of the molecule is Cc1ccc2[nH]c(-c3csc(N)n3)nc2n1. The van der Waals surface area contributed by atoms with E-state index in [1.54, 1.807) is 0 Å². The van der Waals surface area contributed by atoms with Crippen LogP contribution in [0.5, 0.6) is 0 Å². The van der Waals surface area contributed by atoms with Crippen LogP contribution >= 0.6 is 11.3 Å². The summed E-state index contributed by atoms with van der Waals surface area (Å²) >= 11 is 1.40. The molecule has 0 atom stereocenters. The van der Waals surface area contributed by atoms with Gasteiger partial charge in [-0.3, -0.25) is 0 Å². The van der Waals surface area contributed by atoms with Crippen molar-refractivity contribution in [1.29, 1.82) is 0 Å². The number of aromatic amines is 1. The molecule has 0 bridgehead atoms. The lowest BCUT2D eigenvalue weighted by atomic mass is 10.4. The average Bonchev–Trinajstić information content (AvgIpc) is 2.83. The van der Waals surface area contributed by atoms with Crippen molar-refractivity contribution in [3.05, 3.63) is 23.2 Å². The highest BCUT2D eigenvalue weighted by molar-refractivity contribution is 7.13. The molecule has 3 heterocycles. The lowest BCUT2D eigenvalue weighted by Crippen LogP contribution is -1.84. The van der Waals surface area contributed by atoms with E-state index >= 15 is 0 Å². The van der Waals surface area contributed by atoms with Crippen LogP contribution in [0.4, 0.5) is 5.13 Å². The fraction of sp³-hybridized carbons (Fsp3) is 0.100. The number of aromatic nitrogens is 4. The Morgan fingerprint density at radius 2 is 2.12 bits per heavy atom. The number of nitrogens with one attached hydrogen (secondary N) is 1. The van der Waals surface area contributed by atoms with Crippen LogP contribution in [0.25, 0.3) is 22.7 Å². The molecule has 3 aromatic heterocycles. The predicted octanol–water partition coefficient (Wildman–Crippen LogP) is 1.97. The van der Waals surface area contributed by atoms with E-state index < -0.39 is 0 Å². The summed E-state index contributed by atoms with van der Waals surface area (Å²) < 4.78 is 0. The number of rotatable bonds is 1. The first-order valence-electron chi connectivity index (χ1n) is 4.77. The number of hydrogen-bond donors (Lipinski definition) is 2. The van der Waals surface area contributed by atoms with Crippen LogP contribution in [0.15, 0.2) is 17.5 Å². The van der Waals surface area contributed by atoms with Crippen LogP contribution in [-0.2, 0) is 0 Å². The van der Waals surface area contributed by atoms with Crippen LogP contribution in [0.2, 0.25) is 0 Å². The zero-order valence-corrected chi connectivity index (χ0v) is 9.38. The zero-order valence-electron chi connectivity index (χ0n) is 8.56. The van der Waals surface area contributed by atoms with E-state index in [-0.39, 0.29) is 0 Å². The molecule has 0 unspecified atom stereocenters. The molecule has 3 rings (SSSR count). The normalized spacial score (nSPS) is 11.1. The van der Waals surface area contributed by atoms with E-state index in [1.165, 1.54) is 11.3 Å². The molecular formula is C10H9N5S. The van der Waals surface area contributed by atoms with Gasteiger partial charge in [-0.15, -0.1) is 11.3 Å². The summed E-state index contributed by atoms with van der Waals surface area (Å²) in [6.07, 6.45) is 0. The van der Waals surface area contributed by atoms with Gasteiger partial charge in [0.1, 0.15) is 5.69 Å². The Balaban J connectivity index is 2.18. The highest BCUT2D eigenvalue weighted by Gasteiger charge is 2.08. The Morgan fingerprint density at radius 3 is 2.88 bits per heavy atom. The Morgan fingerprint density at radius 1 is 1.25 bits per heavy atom. The van der Waals surface area contributed by atoms with Crippen LogP contribution in [0.3, 0.4) is 0 Å². The number of nitrogens with two attached hydrogens (primary N) is 1. The molecule has 0 radical (unpaired) electrons. The third-order valence-electron chi connectivity index (χ3n) is 2.25. The molecule has 3 N–H and O–H groups in total. The Bertz CT molecular complexity index is 654. The predicted molar refractivity (Wildman–Crippen MR) is 64.1 cm³/mol. The van der Waals surface area contributed by atoms with Crippen LogP contribution in [-0.4, -0.2) is 19.9 Å². The maximum absolute atomic E-state index is 5.58. The second-order valence-electron chi connectivity index (χ2n) is 3.48. The molecule has 3 aromatic rings. The molecule has 0 aromatic carbocycles. The number of fused-ring (bicyclic) bond motifs is 1. The van der Waals surface area contributed by atoms with E-state index in [2.05, 4.69) is 19.9 Å². The second-order valence-corrected chi connectivity index (χ2v) is 4.37. The molecule has 0 spiro atoms. The van der Waals surface area contributed by atoms with E-state index in [1.807, 2.05) is 24.4 Å². The number of pyridine rings is 1. The topological polar surface area (TPSA) is 80.5 Å². The van der Waals surface area contributed by atoms with Gasteiger partial charge in [0.2, 0.25) is 0 Å². The Labute approximate surface area is 95.4 Å². The van der Waals surface area contributed by atoms with Gasteiger partial charge in [0.15, 0.2) is 16.6 Å². The smallest absolute Gasteiger partial charge is 0.180 e. The number of thiazole rings is 1. The van der Waals surface area contributed by atoms with Gasteiger partial charge in [-0.05, 0) is 19.1 Å². The number of nitrogens with zero attached hydrogens (tertiary/aromatic N) is 3. The highest BCUT2D eigenvalue weighted by Crippen LogP contribution is 2.22. The number of hydrogen-bond acceptors (Lipinski definition) is 5. The van der Waals surface area contributed by atoms with E-state index in [0.717, 1.165) is 16.9 Å². The van der Waals surface area contributed by atoms with Crippen molar-refractivity contribution in [2.24, 2.45) is 0 Å².